The Morgan fingerprint density at radius 2 is 1.59 bits per heavy atom. The van der Waals surface area contributed by atoms with Gasteiger partial charge in [0.1, 0.15) is 6.54 Å². The Morgan fingerprint density at radius 3 is 2.17 bits per heavy atom. The molecule has 0 aromatic heterocycles. The molecule has 0 spiro atoms. The van der Waals surface area contributed by atoms with Crippen molar-refractivity contribution in [3.63, 3.8) is 0 Å². The number of benzene rings is 2. The molecule has 0 saturated carbocycles. The Balaban J connectivity index is 1.74. The summed E-state index contributed by atoms with van der Waals surface area (Å²) in [6.07, 6.45) is 0. The largest absolute Gasteiger partial charge is 0.454 e. The third kappa shape index (κ3) is 7.07. The zero-order chi connectivity index (χ0) is 21.4. The molecule has 0 radical (unpaired) electrons. The van der Waals surface area contributed by atoms with E-state index in [4.69, 9.17) is 4.74 Å². The fourth-order valence-corrected chi connectivity index (χ4v) is 2.63. The molecule has 0 aliphatic rings. The summed E-state index contributed by atoms with van der Waals surface area (Å²) in [7, 11) is 1.65. The third-order valence-electron chi connectivity index (χ3n) is 4.45. The van der Waals surface area contributed by atoms with Crippen LogP contribution in [0.5, 0.6) is 0 Å². The molecule has 154 valence electrons. The highest BCUT2D eigenvalue weighted by molar-refractivity contribution is 5.96. The van der Waals surface area contributed by atoms with E-state index in [-0.39, 0.29) is 30.4 Å². The van der Waals surface area contributed by atoms with Crippen molar-refractivity contribution in [1.82, 2.24) is 10.2 Å². The first-order chi connectivity index (χ1) is 13.7. The molecule has 6 nitrogen and oxygen atoms in total. The molecule has 2 aromatic rings. The van der Waals surface area contributed by atoms with Gasteiger partial charge in [-0.3, -0.25) is 14.4 Å². The predicted octanol–water partition coefficient (Wildman–Crippen LogP) is 2.92. The van der Waals surface area contributed by atoms with Gasteiger partial charge in [-0.1, -0.05) is 63.2 Å². The highest BCUT2D eigenvalue weighted by Crippen LogP contribution is 2.22. The fourth-order valence-electron chi connectivity index (χ4n) is 2.63. The summed E-state index contributed by atoms with van der Waals surface area (Å²) in [5.74, 6) is -1.34. The van der Waals surface area contributed by atoms with Crippen LogP contribution in [0.4, 0.5) is 0 Å². The molecule has 2 rings (SSSR count). The minimum absolute atomic E-state index is 0.000971. The van der Waals surface area contributed by atoms with E-state index in [9.17, 15) is 14.4 Å². The predicted molar refractivity (Wildman–Crippen MR) is 111 cm³/mol. The Bertz CT molecular complexity index is 839. The normalized spacial score (nSPS) is 10.9. The summed E-state index contributed by atoms with van der Waals surface area (Å²) in [4.78, 5) is 37.6. The maximum Gasteiger partial charge on any atom is 0.325 e. The van der Waals surface area contributed by atoms with Gasteiger partial charge < -0.3 is 15.0 Å². The number of carbonyl (C=O) groups is 3. The Kier molecular flexibility index (Phi) is 7.53. The minimum atomic E-state index is -0.661. The summed E-state index contributed by atoms with van der Waals surface area (Å²) >= 11 is 0. The van der Waals surface area contributed by atoms with Gasteiger partial charge in [-0.2, -0.15) is 0 Å². The molecule has 2 amide bonds. The first kappa shape index (κ1) is 22.1. The molecule has 2 aromatic carbocycles. The number of rotatable bonds is 7. The van der Waals surface area contributed by atoms with E-state index in [1.165, 1.54) is 4.90 Å². The van der Waals surface area contributed by atoms with Gasteiger partial charge in [0.05, 0.1) is 0 Å². The first-order valence-electron chi connectivity index (χ1n) is 9.49. The lowest BCUT2D eigenvalue weighted by Crippen LogP contribution is -2.34. The third-order valence-corrected chi connectivity index (χ3v) is 4.45. The molecule has 0 unspecified atom stereocenters. The molecule has 29 heavy (non-hydrogen) atoms. The van der Waals surface area contributed by atoms with Gasteiger partial charge in [0.15, 0.2) is 6.61 Å². The zero-order valence-corrected chi connectivity index (χ0v) is 17.4. The van der Waals surface area contributed by atoms with Crippen molar-refractivity contribution >= 4 is 17.8 Å². The second-order valence-corrected chi connectivity index (χ2v) is 7.91. The van der Waals surface area contributed by atoms with Crippen molar-refractivity contribution in [2.45, 2.75) is 32.7 Å². The van der Waals surface area contributed by atoms with E-state index in [0.29, 0.717) is 12.1 Å². The van der Waals surface area contributed by atoms with Gasteiger partial charge in [0.25, 0.3) is 11.8 Å². The molecule has 0 aliphatic carbocycles. The number of hydrogen-bond acceptors (Lipinski definition) is 4. The molecule has 0 saturated heterocycles. The molecular weight excluding hydrogens is 368 g/mol. The molecular formula is C23H28N2O4. The molecule has 0 heterocycles. The van der Waals surface area contributed by atoms with Gasteiger partial charge in [-0.25, -0.2) is 0 Å². The summed E-state index contributed by atoms with van der Waals surface area (Å²) in [6, 6.07) is 16.8. The van der Waals surface area contributed by atoms with Crippen LogP contribution in [0.25, 0.3) is 0 Å². The van der Waals surface area contributed by atoms with Crippen LogP contribution >= 0.6 is 0 Å². The monoisotopic (exact) mass is 396 g/mol. The van der Waals surface area contributed by atoms with Crippen LogP contribution in [0.2, 0.25) is 0 Å². The molecule has 1 N–H and O–H groups in total. The van der Waals surface area contributed by atoms with Gasteiger partial charge in [0, 0.05) is 19.2 Å². The topological polar surface area (TPSA) is 75.7 Å². The fraction of sp³-hybridized carbons (Fsp3) is 0.348. The minimum Gasteiger partial charge on any atom is -0.454 e. The highest BCUT2D eigenvalue weighted by Gasteiger charge is 2.16. The summed E-state index contributed by atoms with van der Waals surface area (Å²) in [6.45, 7) is 6.05. The van der Waals surface area contributed by atoms with Crippen molar-refractivity contribution in [1.29, 1.82) is 0 Å². The van der Waals surface area contributed by atoms with Crippen LogP contribution in [0.1, 0.15) is 42.3 Å². The van der Waals surface area contributed by atoms with E-state index in [1.54, 1.807) is 19.2 Å². The number of ether oxygens (including phenoxy) is 1. The molecule has 0 atom stereocenters. The second-order valence-electron chi connectivity index (χ2n) is 7.91. The van der Waals surface area contributed by atoms with E-state index in [2.05, 4.69) is 26.1 Å². The smallest absolute Gasteiger partial charge is 0.325 e. The van der Waals surface area contributed by atoms with Crippen molar-refractivity contribution < 1.29 is 19.1 Å². The van der Waals surface area contributed by atoms with Gasteiger partial charge in [-0.15, -0.1) is 0 Å². The lowest BCUT2D eigenvalue weighted by Gasteiger charge is -2.19. The van der Waals surface area contributed by atoms with E-state index < -0.39 is 5.97 Å². The number of amides is 2. The van der Waals surface area contributed by atoms with E-state index >= 15 is 0 Å². The molecule has 0 bridgehead atoms. The average Bonchev–Trinajstić information content (AvgIpc) is 2.70. The Morgan fingerprint density at radius 1 is 0.966 bits per heavy atom. The highest BCUT2D eigenvalue weighted by atomic mass is 16.5. The average molecular weight is 396 g/mol. The maximum atomic E-state index is 12.2. The summed E-state index contributed by atoms with van der Waals surface area (Å²) in [5, 5.41) is 2.51. The summed E-state index contributed by atoms with van der Waals surface area (Å²) in [5.41, 5.74) is 2.56. The summed E-state index contributed by atoms with van der Waals surface area (Å²) < 4.78 is 4.97. The number of hydrogen-bond donors (Lipinski definition) is 1. The SMILES string of the molecule is CN(Cc1ccccc1)C(=O)COC(=O)CNC(=O)c1ccc(C(C)(C)C)cc1. The van der Waals surface area contributed by atoms with Crippen molar-refractivity contribution in [2.75, 3.05) is 20.2 Å². The Hall–Kier alpha value is -3.15. The van der Waals surface area contributed by atoms with Gasteiger partial charge in [0.2, 0.25) is 0 Å². The zero-order valence-electron chi connectivity index (χ0n) is 17.4. The number of nitrogens with zero attached hydrogens (tertiary/aromatic N) is 1. The van der Waals surface area contributed by atoms with Crippen LogP contribution in [0.3, 0.4) is 0 Å². The van der Waals surface area contributed by atoms with Crippen molar-refractivity contribution in [3.8, 4) is 0 Å². The number of likely N-dealkylation sites (N-methyl/N-ethyl adjacent to an activating group) is 1. The maximum absolute atomic E-state index is 12.2. The van der Waals surface area contributed by atoms with E-state index in [0.717, 1.165) is 11.1 Å². The lowest BCUT2D eigenvalue weighted by atomic mass is 9.87. The van der Waals surface area contributed by atoms with Crippen molar-refractivity contribution in [2.24, 2.45) is 0 Å². The van der Waals surface area contributed by atoms with Crippen LogP contribution in [0.15, 0.2) is 54.6 Å². The van der Waals surface area contributed by atoms with Gasteiger partial charge >= 0.3 is 5.97 Å². The quantitative estimate of drug-likeness (QED) is 0.730. The van der Waals surface area contributed by atoms with Crippen LogP contribution in [-0.2, 0) is 26.3 Å². The van der Waals surface area contributed by atoms with Crippen molar-refractivity contribution in [3.05, 3.63) is 71.3 Å². The van der Waals surface area contributed by atoms with Crippen LogP contribution < -0.4 is 5.32 Å². The number of nitrogens with one attached hydrogen (secondary N) is 1. The Labute approximate surface area is 171 Å². The molecule has 0 fully saturated rings. The van der Waals surface area contributed by atoms with Gasteiger partial charge in [-0.05, 0) is 28.7 Å². The standard InChI is InChI=1S/C23H28N2O4/c1-23(2,3)19-12-10-18(11-13-19)22(28)24-14-21(27)29-16-20(26)25(4)15-17-8-6-5-7-9-17/h5-13H,14-16H2,1-4H3,(H,24,28). The first-order valence-corrected chi connectivity index (χ1v) is 9.49. The van der Waals surface area contributed by atoms with Crippen LogP contribution in [0, 0.1) is 0 Å². The van der Waals surface area contributed by atoms with E-state index in [1.807, 2.05) is 42.5 Å². The number of carbonyl (C=O) groups excluding carboxylic acids is 3. The number of esters is 1. The van der Waals surface area contributed by atoms with Crippen LogP contribution in [-0.4, -0.2) is 42.9 Å². The second kappa shape index (κ2) is 9.87. The molecule has 0 aliphatic heterocycles. The molecule has 6 heteroatoms. The lowest BCUT2D eigenvalue weighted by molar-refractivity contribution is -0.150.